The highest BCUT2D eigenvalue weighted by molar-refractivity contribution is 7.89. The summed E-state index contributed by atoms with van der Waals surface area (Å²) in [5.41, 5.74) is -0.432. The fourth-order valence-corrected chi connectivity index (χ4v) is 2.07. The molecule has 0 saturated carbocycles. The molecule has 1 aromatic rings. The molecule has 0 aliphatic carbocycles. The number of aliphatic hydroxyl groups excluding tert-OH is 1. The van der Waals surface area contributed by atoms with E-state index in [-0.39, 0.29) is 18.6 Å². The topological polar surface area (TPSA) is 124 Å². The van der Waals surface area contributed by atoms with Crippen LogP contribution < -0.4 is 5.14 Å². The van der Waals surface area contributed by atoms with Crippen molar-refractivity contribution >= 4 is 15.7 Å². The minimum absolute atomic E-state index is 0.000324. The summed E-state index contributed by atoms with van der Waals surface area (Å²) in [7, 11) is -4.14. The van der Waals surface area contributed by atoms with E-state index < -0.39 is 25.5 Å². The third kappa shape index (κ3) is 2.54. The molecule has 0 amide bonds. The Hall–Kier alpha value is -1.51. The number of benzene rings is 1. The second-order valence-electron chi connectivity index (χ2n) is 3.04. The second kappa shape index (κ2) is 4.56. The van der Waals surface area contributed by atoms with Gasteiger partial charge in [-0.2, -0.15) is 0 Å². The first-order valence-electron chi connectivity index (χ1n) is 4.28. The zero-order chi connectivity index (χ0) is 12.3. The Kier molecular flexibility index (Phi) is 3.58. The smallest absolute Gasteiger partial charge is 0.292 e. The van der Waals surface area contributed by atoms with E-state index in [0.29, 0.717) is 0 Å². The molecule has 0 atom stereocenters. The van der Waals surface area contributed by atoms with Crippen LogP contribution in [0.5, 0.6) is 0 Å². The van der Waals surface area contributed by atoms with Crippen LogP contribution in [0, 0.1) is 10.1 Å². The molecule has 0 aliphatic rings. The molecular weight excluding hydrogens is 236 g/mol. The van der Waals surface area contributed by atoms with Crippen molar-refractivity contribution in [3.8, 4) is 0 Å². The number of nitro benzene ring substituents is 1. The minimum atomic E-state index is -4.14. The summed E-state index contributed by atoms with van der Waals surface area (Å²) in [6, 6.07) is 3.79. The van der Waals surface area contributed by atoms with E-state index in [1.807, 2.05) is 0 Å². The molecule has 7 nitrogen and oxygen atoms in total. The molecule has 88 valence electrons. The lowest BCUT2D eigenvalue weighted by atomic mass is 10.1. The van der Waals surface area contributed by atoms with Crippen molar-refractivity contribution in [2.75, 3.05) is 6.61 Å². The molecule has 0 radical (unpaired) electrons. The van der Waals surface area contributed by atoms with Gasteiger partial charge in [0.15, 0.2) is 4.90 Å². The summed E-state index contributed by atoms with van der Waals surface area (Å²) in [5.74, 6) is 0. The van der Waals surface area contributed by atoms with Crippen LogP contribution in [0.15, 0.2) is 23.1 Å². The van der Waals surface area contributed by atoms with Crippen molar-refractivity contribution < 1.29 is 18.4 Å². The lowest BCUT2D eigenvalue weighted by Gasteiger charge is -2.04. The largest absolute Gasteiger partial charge is 0.396 e. The van der Waals surface area contributed by atoms with Crippen LogP contribution in [0.3, 0.4) is 0 Å². The van der Waals surface area contributed by atoms with Gasteiger partial charge in [0.1, 0.15) is 0 Å². The summed E-state index contributed by atoms with van der Waals surface area (Å²) in [6.07, 6.45) is -0.000324. The monoisotopic (exact) mass is 246 g/mol. The molecule has 3 N–H and O–H groups in total. The molecule has 8 heteroatoms. The number of sulfonamides is 1. The number of rotatable bonds is 4. The molecule has 0 aliphatic heterocycles. The summed E-state index contributed by atoms with van der Waals surface area (Å²) < 4.78 is 22.3. The Labute approximate surface area is 91.7 Å². The zero-order valence-corrected chi connectivity index (χ0v) is 8.98. The summed E-state index contributed by atoms with van der Waals surface area (Å²) in [6.45, 7) is -0.311. The molecule has 0 saturated heterocycles. The summed E-state index contributed by atoms with van der Waals surface area (Å²) >= 11 is 0. The highest BCUT2D eigenvalue weighted by atomic mass is 32.2. The van der Waals surface area contributed by atoms with Gasteiger partial charge in [-0.05, 0) is 6.07 Å². The highest BCUT2D eigenvalue weighted by Gasteiger charge is 2.25. The van der Waals surface area contributed by atoms with E-state index in [1.165, 1.54) is 12.1 Å². The lowest BCUT2D eigenvalue weighted by molar-refractivity contribution is -0.388. The third-order valence-corrected chi connectivity index (χ3v) is 2.90. The van der Waals surface area contributed by atoms with Gasteiger partial charge in [-0.15, -0.1) is 0 Å². The molecule has 0 heterocycles. The standard InChI is InChI=1S/C8H10N2O5S/c9-16(14,15)7-3-1-2-6(4-5-11)8(7)10(12)13/h1-3,11H,4-5H2,(H2,9,14,15). The Morgan fingerprint density at radius 3 is 2.50 bits per heavy atom. The van der Waals surface area contributed by atoms with Crippen LogP contribution in [0.2, 0.25) is 0 Å². The van der Waals surface area contributed by atoms with Gasteiger partial charge >= 0.3 is 0 Å². The van der Waals surface area contributed by atoms with Crippen molar-refractivity contribution in [3.05, 3.63) is 33.9 Å². The first kappa shape index (κ1) is 12.6. The van der Waals surface area contributed by atoms with E-state index in [4.69, 9.17) is 10.2 Å². The predicted octanol–water partition coefficient (Wildman–Crippen LogP) is -0.223. The molecule has 1 aromatic carbocycles. The summed E-state index contributed by atoms with van der Waals surface area (Å²) in [4.78, 5) is 9.41. The van der Waals surface area contributed by atoms with Crippen LogP contribution in [0.1, 0.15) is 5.56 Å². The maximum atomic E-state index is 11.1. The van der Waals surface area contributed by atoms with E-state index in [1.54, 1.807) is 0 Å². The molecular formula is C8H10N2O5S. The van der Waals surface area contributed by atoms with Crippen LogP contribution in [-0.2, 0) is 16.4 Å². The van der Waals surface area contributed by atoms with Gasteiger partial charge in [-0.3, -0.25) is 10.1 Å². The Morgan fingerprint density at radius 1 is 1.44 bits per heavy atom. The maximum absolute atomic E-state index is 11.1. The van der Waals surface area contributed by atoms with Crippen LogP contribution in [0.4, 0.5) is 5.69 Å². The first-order valence-corrected chi connectivity index (χ1v) is 5.82. The molecule has 1 rings (SSSR count). The number of para-hydroxylation sites is 1. The molecule has 0 unspecified atom stereocenters. The van der Waals surface area contributed by atoms with Gasteiger partial charge in [-0.1, -0.05) is 12.1 Å². The van der Waals surface area contributed by atoms with E-state index >= 15 is 0 Å². The normalized spacial score (nSPS) is 11.4. The molecule has 0 spiro atoms. The van der Waals surface area contributed by atoms with Gasteiger partial charge in [0.2, 0.25) is 10.0 Å². The van der Waals surface area contributed by atoms with E-state index in [9.17, 15) is 18.5 Å². The van der Waals surface area contributed by atoms with Gasteiger partial charge in [0, 0.05) is 18.6 Å². The fourth-order valence-electron chi connectivity index (χ4n) is 1.33. The maximum Gasteiger partial charge on any atom is 0.292 e. The van der Waals surface area contributed by atoms with Crippen LogP contribution in [-0.4, -0.2) is 25.1 Å². The molecule has 0 bridgehead atoms. The second-order valence-corrected chi connectivity index (χ2v) is 4.57. The number of hydrogen-bond acceptors (Lipinski definition) is 5. The number of nitro groups is 1. The van der Waals surface area contributed by atoms with Crippen molar-refractivity contribution in [2.45, 2.75) is 11.3 Å². The fraction of sp³-hybridized carbons (Fsp3) is 0.250. The number of hydrogen-bond donors (Lipinski definition) is 2. The minimum Gasteiger partial charge on any atom is -0.396 e. The molecule has 0 aromatic heterocycles. The first-order chi connectivity index (χ1) is 7.38. The van der Waals surface area contributed by atoms with Crippen molar-refractivity contribution in [3.63, 3.8) is 0 Å². The number of aliphatic hydroxyl groups is 1. The predicted molar refractivity (Wildman–Crippen MR) is 55.3 cm³/mol. The third-order valence-electron chi connectivity index (χ3n) is 1.95. The SMILES string of the molecule is NS(=O)(=O)c1cccc(CCO)c1[N+](=O)[O-]. The zero-order valence-electron chi connectivity index (χ0n) is 8.16. The van der Waals surface area contributed by atoms with E-state index in [0.717, 1.165) is 6.07 Å². The Balaban J connectivity index is 3.51. The number of primary sulfonamides is 1. The Morgan fingerprint density at radius 2 is 2.06 bits per heavy atom. The van der Waals surface area contributed by atoms with Crippen molar-refractivity contribution in [2.24, 2.45) is 5.14 Å². The average Bonchev–Trinajstić information content (AvgIpc) is 2.16. The number of nitrogens with two attached hydrogens (primary N) is 1. The van der Waals surface area contributed by atoms with E-state index in [2.05, 4.69) is 0 Å². The van der Waals surface area contributed by atoms with Crippen molar-refractivity contribution in [1.82, 2.24) is 0 Å². The Bertz CT molecular complexity index is 511. The van der Waals surface area contributed by atoms with Crippen LogP contribution in [0.25, 0.3) is 0 Å². The lowest BCUT2D eigenvalue weighted by Crippen LogP contribution is -2.15. The van der Waals surface area contributed by atoms with Gasteiger partial charge in [0.25, 0.3) is 5.69 Å². The van der Waals surface area contributed by atoms with Crippen molar-refractivity contribution in [1.29, 1.82) is 0 Å². The quantitative estimate of drug-likeness (QED) is 0.561. The highest BCUT2D eigenvalue weighted by Crippen LogP contribution is 2.27. The van der Waals surface area contributed by atoms with Gasteiger partial charge in [-0.25, -0.2) is 13.6 Å². The molecule has 16 heavy (non-hydrogen) atoms. The van der Waals surface area contributed by atoms with Crippen LogP contribution >= 0.6 is 0 Å². The average molecular weight is 246 g/mol. The molecule has 0 fully saturated rings. The van der Waals surface area contributed by atoms with Gasteiger partial charge < -0.3 is 5.11 Å². The van der Waals surface area contributed by atoms with Gasteiger partial charge in [0.05, 0.1) is 4.92 Å². The number of nitrogens with zero attached hydrogens (tertiary/aromatic N) is 1. The summed E-state index contributed by atoms with van der Waals surface area (Å²) in [5, 5.41) is 24.4.